The van der Waals surface area contributed by atoms with Crippen LogP contribution in [0.25, 0.3) is 11.0 Å². The Morgan fingerprint density at radius 2 is 2.12 bits per heavy atom. The highest BCUT2D eigenvalue weighted by atomic mass is 19.1. The van der Waals surface area contributed by atoms with Gasteiger partial charge < -0.3 is 9.88 Å². The Kier molecular flexibility index (Phi) is 2.91. The average Bonchev–Trinajstić information content (AvgIpc) is 2.57. The molecule has 0 spiro atoms. The van der Waals surface area contributed by atoms with Gasteiger partial charge in [-0.15, -0.1) is 0 Å². The van der Waals surface area contributed by atoms with Crippen molar-refractivity contribution in [3.63, 3.8) is 0 Å². The molecule has 92 valence electrons. The quantitative estimate of drug-likeness (QED) is 0.886. The summed E-state index contributed by atoms with van der Waals surface area (Å²) in [6.45, 7) is 7.08. The highest BCUT2D eigenvalue weighted by molar-refractivity contribution is 5.76. The number of aromatic nitrogens is 2. The van der Waals surface area contributed by atoms with E-state index < -0.39 is 0 Å². The lowest BCUT2D eigenvalue weighted by Gasteiger charge is -2.25. The molecule has 0 saturated heterocycles. The molecule has 0 aliphatic heterocycles. The lowest BCUT2D eigenvalue weighted by molar-refractivity contribution is 0.382. The van der Waals surface area contributed by atoms with Gasteiger partial charge in [-0.3, -0.25) is 0 Å². The van der Waals surface area contributed by atoms with Crippen LogP contribution in [0.1, 0.15) is 26.6 Å². The number of aryl methyl sites for hydroxylation is 1. The van der Waals surface area contributed by atoms with Crippen molar-refractivity contribution in [3.05, 3.63) is 29.8 Å². The number of imidazole rings is 1. The molecule has 4 heteroatoms. The monoisotopic (exact) mass is 235 g/mol. The molecule has 0 aliphatic carbocycles. The predicted octanol–water partition coefficient (Wildman–Crippen LogP) is 2.56. The van der Waals surface area contributed by atoms with Gasteiger partial charge in [-0.25, -0.2) is 9.37 Å². The summed E-state index contributed by atoms with van der Waals surface area (Å²) in [5, 5.41) is 3.38. The van der Waals surface area contributed by atoms with Crippen molar-refractivity contribution >= 4 is 11.0 Å². The Morgan fingerprint density at radius 3 is 2.76 bits per heavy atom. The molecule has 0 bridgehead atoms. The summed E-state index contributed by atoms with van der Waals surface area (Å²) in [5.74, 6) is 0.688. The van der Waals surface area contributed by atoms with Crippen LogP contribution in [-0.4, -0.2) is 16.1 Å². The highest BCUT2D eigenvalue weighted by Crippen LogP contribution is 2.24. The zero-order valence-electron chi connectivity index (χ0n) is 10.7. The fourth-order valence-electron chi connectivity index (χ4n) is 2.24. The molecule has 17 heavy (non-hydrogen) atoms. The van der Waals surface area contributed by atoms with Crippen LogP contribution in [0.15, 0.2) is 18.2 Å². The third-order valence-corrected chi connectivity index (χ3v) is 3.02. The second-order valence-corrected chi connectivity index (χ2v) is 4.78. The predicted molar refractivity (Wildman–Crippen MR) is 67.4 cm³/mol. The van der Waals surface area contributed by atoms with Crippen LogP contribution < -0.4 is 5.32 Å². The SMILES string of the molecule is CCNC(C)(C)c1nc2ccc(F)cc2n1C. The first-order valence-corrected chi connectivity index (χ1v) is 5.83. The first kappa shape index (κ1) is 12.0. The molecule has 0 radical (unpaired) electrons. The molecule has 2 rings (SSSR count). The van der Waals surface area contributed by atoms with E-state index in [-0.39, 0.29) is 11.4 Å². The first-order valence-electron chi connectivity index (χ1n) is 5.83. The Balaban J connectivity index is 2.60. The Bertz CT molecular complexity index is 543. The maximum Gasteiger partial charge on any atom is 0.129 e. The molecule has 0 aliphatic rings. The summed E-state index contributed by atoms with van der Waals surface area (Å²) < 4.78 is 15.2. The molecule has 0 amide bonds. The number of rotatable bonds is 3. The highest BCUT2D eigenvalue weighted by Gasteiger charge is 2.25. The summed E-state index contributed by atoms with van der Waals surface area (Å²) >= 11 is 0. The van der Waals surface area contributed by atoms with Crippen LogP contribution in [0.4, 0.5) is 4.39 Å². The Labute approximate surface area is 101 Å². The summed E-state index contributed by atoms with van der Waals surface area (Å²) in [5.41, 5.74) is 1.43. The van der Waals surface area contributed by atoms with Crippen LogP contribution in [-0.2, 0) is 12.6 Å². The molecule has 0 unspecified atom stereocenters. The molecule has 1 aromatic carbocycles. The van der Waals surface area contributed by atoms with Crippen molar-refractivity contribution in [2.24, 2.45) is 7.05 Å². The van der Waals surface area contributed by atoms with E-state index in [1.807, 2.05) is 11.6 Å². The number of nitrogens with one attached hydrogen (secondary N) is 1. The van der Waals surface area contributed by atoms with Crippen molar-refractivity contribution < 1.29 is 4.39 Å². The van der Waals surface area contributed by atoms with Gasteiger partial charge >= 0.3 is 0 Å². The van der Waals surface area contributed by atoms with Crippen LogP contribution in [0, 0.1) is 5.82 Å². The zero-order valence-corrected chi connectivity index (χ0v) is 10.7. The van der Waals surface area contributed by atoms with Gasteiger partial charge in [-0.1, -0.05) is 6.92 Å². The van der Waals surface area contributed by atoms with E-state index in [0.717, 1.165) is 23.4 Å². The second-order valence-electron chi connectivity index (χ2n) is 4.78. The van der Waals surface area contributed by atoms with E-state index >= 15 is 0 Å². The molecule has 0 atom stereocenters. The molecule has 2 aromatic rings. The summed E-state index contributed by atoms with van der Waals surface area (Å²) in [6.07, 6.45) is 0. The van der Waals surface area contributed by atoms with Crippen molar-refractivity contribution in [1.82, 2.24) is 14.9 Å². The van der Waals surface area contributed by atoms with Gasteiger partial charge in [-0.2, -0.15) is 0 Å². The molecule has 1 aromatic heterocycles. The van der Waals surface area contributed by atoms with E-state index in [4.69, 9.17) is 0 Å². The largest absolute Gasteiger partial charge is 0.329 e. The fraction of sp³-hybridized carbons (Fsp3) is 0.462. The third kappa shape index (κ3) is 2.05. The van der Waals surface area contributed by atoms with E-state index in [2.05, 4.69) is 31.1 Å². The summed E-state index contributed by atoms with van der Waals surface area (Å²) in [4.78, 5) is 4.58. The average molecular weight is 235 g/mol. The van der Waals surface area contributed by atoms with Crippen molar-refractivity contribution in [2.75, 3.05) is 6.54 Å². The van der Waals surface area contributed by atoms with Crippen LogP contribution in [0.2, 0.25) is 0 Å². The van der Waals surface area contributed by atoms with E-state index in [1.54, 1.807) is 6.07 Å². The number of fused-ring (bicyclic) bond motifs is 1. The lowest BCUT2D eigenvalue weighted by Crippen LogP contribution is -2.38. The standard InChI is InChI=1S/C13H18FN3/c1-5-15-13(2,3)12-16-10-7-6-9(14)8-11(10)17(12)4/h6-8,15H,5H2,1-4H3. The van der Waals surface area contributed by atoms with Crippen LogP contribution in [0.3, 0.4) is 0 Å². The first-order chi connectivity index (χ1) is 7.95. The smallest absolute Gasteiger partial charge is 0.129 e. The molecule has 0 saturated carbocycles. The van der Waals surface area contributed by atoms with Crippen molar-refractivity contribution in [1.29, 1.82) is 0 Å². The van der Waals surface area contributed by atoms with Crippen LogP contribution in [0.5, 0.6) is 0 Å². The van der Waals surface area contributed by atoms with Gasteiger partial charge in [0.2, 0.25) is 0 Å². The third-order valence-electron chi connectivity index (χ3n) is 3.02. The van der Waals surface area contributed by atoms with Gasteiger partial charge in [-0.05, 0) is 38.6 Å². The van der Waals surface area contributed by atoms with Crippen molar-refractivity contribution in [2.45, 2.75) is 26.3 Å². The van der Waals surface area contributed by atoms with E-state index in [0.29, 0.717) is 0 Å². The van der Waals surface area contributed by atoms with E-state index in [9.17, 15) is 4.39 Å². The van der Waals surface area contributed by atoms with Gasteiger partial charge in [0.25, 0.3) is 0 Å². The number of halogens is 1. The molecule has 3 nitrogen and oxygen atoms in total. The minimum absolute atomic E-state index is 0.223. The van der Waals surface area contributed by atoms with Crippen LogP contribution >= 0.6 is 0 Å². The van der Waals surface area contributed by atoms with E-state index in [1.165, 1.54) is 12.1 Å². The number of hydrogen-bond acceptors (Lipinski definition) is 2. The van der Waals surface area contributed by atoms with Gasteiger partial charge in [0, 0.05) is 7.05 Å². The zero-order chi connectivity index (χ0) is 12.6. The molecular weight excluding hydrogens is 217 g/mol. The maximum absolute atomic E-state index is 13.2. The van der Waals surface area contributed by atoms with Gasteiger partial charge in [0.05, 0.1) is 16.6 Å². The molecule has 1 heterocycles. The lowest BCUT2D eigenvalue weighted by atomic mass is 10.1. The Morgan fingerprint density at radius 1 is 1.41 bits per heavy atom. The maximum atomic E-state index is 13.2. The topological polar surface area (TPSA) is 29.9 Å². The molecule has 1 N–H and O–H groups in total. The number of benzene rings is 1. The summed E-state index contributed by atoms with van der Waals surface area (Å²) in [6, 6.07) is 4.68. The van der Waals surface area contributed by atoms with Crippen molar-refractivity contribution in [3.8, 4) is 0 Å². The minimum Gasteiger partial charge on any atom is -0.329 e. The molecule has 0 fully saturated rings. The summed E-state index contributed by atoms with van der Waals surface area (Å²) in [7, 11) is 1.92. The second kappa shape index (κ2) is 4.11. The Hall–Kier alpha value is -1.42. The number of hydrogen-bond donors (Lipinski definition) is 1. The van der Waals surface area contributed by atoms with Gasteiger partial charge in [0.1, 0.15) is 11.6 Å². The number of nitrogens with zero attached hydrogens (tertiary/aromatic N) is 2. The molecular formula is C13H18FN3. The fourth-order valence-corrected chi connectivity index (χ4v) is 2.24. The normalized spacial score (nSPS) is 12.3. The van der Waals surface area contributed by atoms with Gasteiger partial charge in [0.15, 0.2) is 0 Å². The minimum atomic E-state index is -0.228.